The summed E-state index contributed by atoms with van der Waals surface area (Å²) in [4.78, 5) is 41.4. The molecule has 0 aliphatic heterocycles. The van der Waals surface area contributed by atoms with E-state index in [-0.39, 0.29) is 30.4 Å². The summed E-state index contributed by atoms with van der Waals surface area (Å²) in [5.41, 5.74) is 6.55. The zero-order valence-corrected chi connectivity index (χ0v) is 17.0. The third kappa shape index (κ3) is 3.98. The van der Waals surface area contributed by atoms with Crippen LogP contribution in [-0.2, 0) is 17.8 Å². The summed E-state index contributed by atoms with van der Waals surface area (Å²) >= 11 is 0. The number of amides is 1. The lowest BCUT2D eigenvalue weighted by molar-refractivity contribution is -0.117. The highest BCUT2D eigenvalue weighted by Crippen LogP contribution is 2.21. The van der Waals surface area contributed by atoms with E-state index in [9.17, 15) is 14.4 Å². The number of H-pyrrole nitrogens is 1. The highest BCUT2D eigenvalue weighted by molar-refractivity contribution is 5.98. The Hall–Kier alpha value is -4.13. The summed E-state index contributed by atoms with van der Waals surface area (Å²) < 4.78 is 1.26. The number of hydrogen-bond donors (Lipinski definition) is 2. The molecule has 156 valence electrons. The van der Waals surface area contributed by atoms with Crippen molar-refractivity contribution in [2.45, 2.75) is 13.0 Å². The molecule has 0 fully saturated rings. The number of hydrogen-bond acceptors (Lipinski definition) is 4. The number of rotatable bonds is 5. The maximum atomic E-state index is 13.0. The third-order valence-corrected chi connectivity index (χ3v) is 5.33. The molecule has 0 saturated heterocycles. The molecule has 0 saturated carbocycles. The zero-order chi connectivity index (χ0) is 22.0. The van der Waals surface area contributed by atoms with Crippen LogP contribution in [0.15, 0.2) is 82.4 Å². The average Bonchev–Trinajstić information content (AvgIpc) is 2.77. The van der Waals surface area contributed by atoms with Crippen LogP contribution in [0.5, 0.6) is 0 Å². The predicted molar refractivity (Wildman–Crippen MR) is 122 cm³/mol. The van der Waals surface area contributed by atoms with E-state index >= 15 is 0 Å². The van der Waals surface area contributed by atoms with Gasteiger partial charge in [-0.2, -0.15) is 0 Å². The highest BCUT2D eigenvalue weighted by Gasteiger charge is 2.21. The number of benzene rings is 3. The van der Waals surface area contributed by atoms with Crippen LogP contribution in [-0.4, -0.2) is 22.5 Å². The molecule has 1 heterocycles. The van der Waals surface area contributed by atoms with Crippen LogP contribution in [0.25, 0.3) is 10.8 Å². The smallest absolute Gasteiger partial charge is 0.330 e. The third-order valence-electron chi connectivity index (χ3n) is 5.33. The predicted octanol–water partition coefficient (Wildman–Crippen LogP) is 2.53. The molecular formula is C24H22N4O3. The summed E-state index contributed by atoms with van der Waals surface area (Å²) in [7, 11) is 1.49. The molecule has 0 unspecified atom stereocenters. The average molecular weight is 414 g/mol. The van der Waals surface area contributed by atoms with Crippen LogP contribution in [0.4, 0.5) is 11.5 Å². The van der Waals surface area contributed by atoms with Gasteiger partial charge in [0.2, 0.25) is 5.91 Å². The minimum Gasteiger partial charge on any atom is -0.383 e. The van der Waals surface area contributed by atoms with Gasteiger partial charge in [-0.1, -0.05) is 72.8 Å². The maximum Gasteiger partial charge on any atom is 0.330 e. The molecule has 0 spiro atoms. The number of likely N-dealkylation sites (N-methyl/N-ethyl adjacent to an activating group) is 1. The van der Waals surface area contributed by atoms with Crippen LogP contribution < -0.4 is 21.9 Å². The quantitative estimate of drug-likeness (QED) is 0.524. The molecule has 3 aromatic carbocycles. The second-order valence-corrected chi connectivity index (χ2v) is 7.33. The molecule has 1 aromatic heterocycles. The number of nitrogens with two attached hydrogens (primary N) is 1. The number of anilines is 2. The molecule has 4 aromatic rings. The van der Waals surface area contributed by atoms with Gasteiger partial charge >= 0.3 is 5.69 Å². The normalized spacial score (nSPS) is 10.9. The Morgan fingerprint density at radius 3 is 2.42 bits per heavy atom. The Labute approximate surface area is 178 Å². The lowest BCUT2D eigenvalue weighted by Crippen LogP contribution is -2.40. The van der Waals surface area contributed by atoms with E-state index in [1.54, 1.807) is 0 Å². The molecule has 4 rings (SSSR count). The van der Waals surface area contributed by atoms with Gasteiger partial charge in [-0.3, -0.25) is 19.1 Å². The Morgan fingerprint density at radius 2 is 1.65 bits per heavy atom. The van der Waals surface area contributed by atoms with Crippen LogP contribution >= 0.6 is 0 Å². The standard InChI is InChI=1S/C24H22N4O3/c1-27(20(29)14-18-12-7-11-17-10-5-6-13-19(17)18)21-22(25)28(24(31)26-23(21)30)15-16-8-3-2-4-9-16/h2-13H,14-15,25H2,1H3,(H,26,30,31). The molecule has 7 heteroatoms. The van der Waals surface area contributed by atoms with Gasteiger partial charge in [-0.15, -0.1) is 0 Å². The fourth-order valence-electron chi connectivity index (χ4n) is 3.68. The van der Waals surface area contributed by atoms with Crippen LogP contribution in [0.2, 0.25) is 0 Å². The summed E-state index contributed by atoms with van der Waals surface area (Å²) in [5, 5.41) is 2.01. The number of nitrogens with one attached hydrogen (secondary N) is 1. The molecular weight excluding hydrogens is 392 g/mol. The number of nitrogens with zero attached hydrogens (tertiary/aromatic N) is 2. The zero-order valence-electron chi connectivity index (χ0n) is 17.0. The number of nitrogen functional groups attached to an aromatic ring is 1. The van der Waals surface area contributed by atoms with Crippen LogP contribution in [0.3, 0.4) is 0 Å². The summed E-state index contributed by atoms with van der Waals surface area (Å²) in [6.07, 6.45) is 0.0918. The van der Waals surface area contributed by atoms with E-state index in [4.69, 9.17) is 5.73 Å². The van der Waals surface area contributed by atoms with Gasteiger partial charge in [0.05, 0.1) is 13.0 Å². The number of aromatic nitrogens is 2. The summed E-state index contributed by atoms with van der Waals surface area (Å²) in [6.45, 7) is 0.181. The molecule has 0 aliphatic rings. The summed E-state index contributed by atoms with van der Waals surface area (Å²) in [6, 6.07) is 22.8. The van der Waals surface area contributed by atoms with Gasteiger partial charge in [-0.25, -0.2) is 4.79 Å². The van der Waals surface area contributed by atoms with Crippen molar-refractivity contribution in [1.29, 1.82) is 0 Å². The van der Waals surface area contributed by atoms with Gasteiger partial charge < -0.3 is 10.6 Å². The van der Waals surface area contributed by atoms with Gasteiger partial charge in [0.25, 0.3) is 5.56 Å². The molecule has 0 radical (unpaired) electrons. The molecule has 31 heavy (non-hydrogen) atoms. The molecule has 0 bridgehead atoms. The van der Waals surface area contributed by atoms with Gasteiger partial charge in [0.1, 0.15) is 5.82 Å². The van der Waals surface area contributed by atoms with Crippen LogP contribution in [0.1, 0.15) is 11.1 Å². The van der Waals surface area contributed by atoms with E-state index in [1.807, 2.05) is 72.8 Å². The first-order chi connectivity index (χ1) is 15.0. The Bertz CT molecular complexity index is 1370. The number of fused-ring (bicyclic) bond motifs is 1. The Morgan fingerprint density at radius 1 is 0.968 bits per heavy atom. The first-order valence-electron chi connectivity index (χ1n) is 9.85. The number of carbonyl (C=O) groups is 1. The topological polar surface area (TPSA) is 101 Å². The maximum absolute atomic E-state index is 13.0. The minimum atomic E-state index is -0.694. The molecule has 0 atom stereocenters. The fraction of sp³-hybridized carbons (Fsp3) is 0.125. The van der Waals surface area contributed by atoms with Gasteiger partial charge in [-0.05, 0) is 21.9 Å². The highest BCUT2D eigenvalue weighted by atomic mass is 16.2. The molecule has 7 nitrogen and oxygen atoms in total. The van der Waals surface area contributed by atoms with E-state index < -0.39 is 11.2 Å². The van der Waals surface area contributed by atoms with Crippen molar-refractivity contribution in [3.05, 3.63) is 105 Å². The largest absolute Gasteiger partial charge is 0.383 e. The van der Waals surface area contributed by atoms with E-state index in [0.717, 1.165) is 21.9 Å². The first kappa shape index (κ1) is 20.2. The Kier molecular flexibility index (Phi) is 5.41. The van der Waals surface area contributed by atoms with E-state index in [2.05, 4.69) is 4.98 Å². The van der Waals surface area contributed by atoms with Crippen molar-refractivity contribution in [2.24, 2.45) is 0 Å². The van der Waals surface area contributed by atoms with Gasteiger partial charge in [0.15, 0.2) is 5.69 Å². The molecule has 3 N–H and O–H groups in total. The van der Waals surface area contributed by atoms with Gasteiger partial charge in [0, 0.05) is 7.05 Å². The molecule has 1 amide bonds. The first-order valence-corrected chi connectivity index (χ1v) is 9.85. The van der Waals surface area contributed by atoms with Crippen molar-refractivity contribution in [2.75, 3.05) is 17.7 Å². The number of carbonyl (C=O) groups excluding carboxylic acids is 1. The van der Waals surface area contributed by atoms with Crippen molar-refractivity contribution < 1.29 is 4.79 Å². The van der Waals surface area contributed by atoms with Crippen molar-refractivity contribution >= 4 is 28.2 Å². The lowest BCUT2D eigenvalue weighted by atomic mass is 10.0. The van der Waals surface area contributed by atoms with Crippen molar-refractivity contribution in [3.8, 4) is 0 Å². The van der Waals surface area contributed by atoms with Crippen molar-refractivity contribution in [3.63, 3.8) is 0 Å². The second-order valence-electron chi connectivity index (χ2n) is 7.33. The van der Waals surface area contributed by atoms with E-state index in [0.29, 0.717) is 0 Å². The molecule has 0 aliphatic carbocycles. The SMILES string of the molecule is CN(C(=O)Cc1cccc2ccccc12)c1c(N)n(Cc2ccccc2)c(=O)[nH]c1=O. The summed E-state index contributed by atoms with van der Waals surface area (Å²) in [5.74, 6) is -0.357. The Balaban J connectivity index is 1.68. The monoisotopic (exact) mass is 414 g/mol. The van der Waals surface area contributed by atoms with E-state index in [1.165, 1.54) is 16.5 Å². The van der Waals surface area contributed by atoms with Crippen molar-refractivity contribution in [1.82, 2.24) is 9.55 Å². The minimum absolute atomic E-state index is 0.0410. The second kappa shape index (κ2) is 8.31. The number of aromatic amines is 1. The van der Waals surface area contributed by atoms with Crippen LogP contribution in [0, 0.1) is 0 Å². The fourth-order valence-corrected chi connectivity index (χ4v) is 3.68. The lowest BCUT2D eigenvalue weighted by Gasteiger charge is -2.21.